The molecule has 7 nitrogen and oxygen atoms in total. The van der Waals surface area contributed by atoms with Crippen molar-refractivity contribution in [3.63, 3.8) is 0 Å². The number of aromatic nitrogens is 2. The molecule has 0 bridgehead atoms. The van der Waals surface area contributed by atoms with E-state index in [9.17, 15) is 9.59 Å². The number of thioether (sulfide) groups is 1. The highest BCUT2D eigenvalue weighted by Crippen LogP contribution is 2.25. The lowest BCUT2D eigenvalue weighted by Crippen LogP contribution is -2.35. The smallest absolute Gasteiger partial charge is 0.413 e. The summed E-state index contributed by atoms with van der Waals surface area (Å²) in [5.74, 6) is -0.120. The van der Waals surface area contributed by atoms with Crippen molar-refractivity contribution in [2.45, 2.75) is 17.4 Å². The molecule has 0 spiro atoms. The van der Waals surface area contributed by atoms with Crippen LogP contribution in [0.3, 0.4) is 0 Å². The van der Waals surface area contributed by atoms with Gasteiger partial charge in [-0.25, -0.2) is 4.79 Å². The van der Waals surface area contributed by atoms with Gasteiger partial charge in [0, 0.05) is 5.56 Å². The Morgan fingerprint density at radius 1 is 1.29 bits per heavy atom. The van der Waals surface area contributed by atoms with Gasteiger partial charge in [-0.3, -0.25) is 10.1 Å². The maximum absolute atomic E-state index is 11.7. The lowest BCUT2D eigenvalue weighted by atomic mass is 10.2. The molecule has 0 aliphatic carbocycles. The molecule has 1 atom stereocenters. The highest BCUT2D eigenvalue weighted by atomic mass is 32.2. The minimum Gasteiger partial charge on any atom is -0.453 e. The van der Waals surface area contributed by atoms with E-state index in [0.29, 0.717) is 5.89 Å². The zero-order chi connectivity index (χ0) is 15.2. The van der Waals surface area contributed by atoms with Crippen LogP contribution < -0.4 is 5.32 Å². The number of ether oxygens (including phenoxy) is 1. The van der Waals surface area contributed by atoms with Gasteiger partial charge in [-0.1, -0.05) is 30.0 Å². The van der Waals surface area contributed by atoms with E-state index in [1.54, 1.807) is 6.92 Å². The van der Waals surface area contributed by atoms with Crippen molar-refractivity contribution in [2.24, 2.45) is 0 Å². The van der Waals surface area contributed by atoms with E-state index in [-0.39, 0.29) is 5.22 Å². The fourth-order valence-corrected chi connectivity index (χ4v) is 2.10. The molecule has 2 rings (SSSR count). The largest absolute Gasteiger partial charge is 0.453 e. The Hall–Kier alpha value is -2.35. The molecule has 21 heavy (non-hydrogen) atoms. The van der Waals surface area contributed by atoms with Gasteiger partial charge in [-0.15, -0.1) is 10.2 Å². The van der Waals surface area contributed by atoms with Crippen LogP contribution in [0, 0.1) is 0 Å². The minimum atomic E-state index is -0.803. The van der Waals surface area contributed by atoms with Crippen LogP contribution in [0.5, 0.6) is 0 Å². The summed E-state index contributed by atoms with van der Waals surface area (Å²) in [6.45, 7) is 1.62. The van der Waals surface area contributed by atoms with Crippen LogP contribution in [0.25, 0.3) is 11.5 Å². The molecule has 1 heterocycles. The molecule has 0 unspecified atom stereocenters. The number of rotatable bonds is 4. The third-order valence-corrected chi connectivity index (χ3v) is 3.42. The van der Waals surface area contributed by atoms with E-state index >= 15 is 0 Å². The number of nitrogens with one attached hydrogen (secondary N) is 1. The molecule has 0 saturated carbocycles. The number of imide groups is 1. The molecule has 0 aliphatic heterocycles. The number of hydrogen-bond acceptors (Lipinski definition) is 7. The zero-order valence-electron chi connectivity index (χ0n) is 11.4. The molecule has 1 aromatic heterocycles. The van der Waals surface area contributed by atoms with Crippen LogP contribution in [0.15, 0.2) is 40.0 Å². The summed E-state index contributed by atoms with van der Waals surface area (Å²) < 4.78 is 9.82. The van der Waals surface area contributed by atoms with Gasteiger partial charge in [0.1, 0.15) is 0 Å². The summed E-state index contributed by atoms with van der Waals surface area (Å²) in [5, 5.41) is 9.53. The van der Waals surface area contributed by atoms with Crippen molar-refractivity contribution >= 4 is 23.8 Å². The monoisotopic (exact) mass is 307 g/mol. The van der Waals surface area contributed by atoms with Crippen LogP contribution in [-0.4, -0.2) is 34.6 Å². The van der Waals surface area contributed by atoms with Crippen LogP contribution in [-0.2, 0) is 9.53 Å². The topological polar surface area (TPSA) is 94.3 Å². The summed E-state index contributed by atoms with van der Waals surface area (Å²) in [7, 11) is 1.19. The third kappa shape index (κ3) is 4.06. The normalized spacial score (nSPS) is 11.7. The van der Waals surface area contributed by atoms with Gasteiger partial charge >= 0.3 is 6.09 Å². The Kier molecular flexibility index (Phi) is 4.94. The van der Waals surface area contributed by atoms with Gasteiger partial charge < -0.3 is 9.15 Å². The van der Waals surface area contributed by atoms with Crippen LogP contribution in [0.4, 0.5) is 4.79 Å². The predicted octanol–water partition coefficient (Wildman–Crippen LogP) is 2.10. The molecular weight excluding hydrogens is 294 g/mol. The molecule has 0 saturated heterocycles. The van der Waals surface area contributed by atoms with Gasteiger partial charge in [-0.05, 0) is 19.1 Å². The predicted molar refractivity (Wildman–Crippen MR) is 75.6 cm³/mol. The molecular formula is C13H13N3O4S. The Morgan fingerprint density at radius 3 is 2.67 bits per heavy atom. The first-order chi connectivity index (χ1) is 10.1. The molecule has 0 radical (unpaired) electrons. The first-order valence-corrected chi connectivity index (χ1v) is 6.92. The van der Waals surface area contributed by atoms with E-state index in [2.05, 4.69) is 20.3 Å². The molecule has 1 aromatic carbocycles. The highest BCUT2D eigenvalue weighted by molar-refractivity contribution is 8.00. The zero-order valence-corrected chi connectivity index (χ0v) is 12.2. The van der Waals surface area contributed by atoms with Crippen LogP contribution in [0.2, 0.25) is 0 Å². The molecule has 2 amide bonds. The van der Waals surface area contributed by atoms with Crippen molar-refractivity contribution in [1.29, 1.82) is 0 Å². The second-order valence-corrected chi connectivity index (χ2v) is 5.27. The second-order valence-electron chi connectivity index (χ2n) is 3.98. The summed E-state index contributed by atoms with van der Waals surface area (Å²) in [4.78, 5) is 22.6. The second kappa shape index (κ2) is 6.89. The van der Waals surface area contributed by atoms with Gasteiger partial charge in [-0.2, -0.15) is 0 Å². The average molecular weight is 307 g/mol. The minimum absolute atomic E-state index is 0.251. The Balaban J connectivity index is 1.99. The fraction of sp³-hybridized carbons (Fsp3) is 0.231. The molecule has 0 fully saturated rings. The van der Waals surface area contributed by atoms with Crippen molar-refractivity contribution in [3.05, 3.63) is 30.3 Å². The van der Waals surface area contributed by atoms with Crippen LogP contribution in [0.1, 0.15) is 6.92 Å². The first kappa shape index (κ1) is 15.0. The van der Waals surface area contributed by atoms with Crippen molar-refractivity contribution in [1.82, 2.24) is 15.5 Å². The van der Waals surface area contributed by atoms with E-state index in [4.69, 9.17) is 4.42 Å². The van der Waals surface area contributed by atoms with E-state index in [0.717, 1.165) is 17.3 Å². The summed E-state index contributed by atoms with van der Waals surface area (Å²) in [5.41, 5.74) is 0.795. The Labute approximate surface area is 125 Å². The van der Waals surface area contributed by atoms with Crippen molar-refractivity contribution < 1.29 is 18.7 Å². The van der Waals surface area contributed by atoms with E-state index < -0.39 is 17.3 Å². The van der Waals surface area contributed by atoms with E-state index in [1.807, 2.05) is 30.3 Å². The quantitative estimate of drug-likeness (QED) is 0.864. The molecule has 0 aliphatic rings. The standard InChI is InChI=1S/C13H13N3O4S/c1-8(10(17)14-12(18)19-2)21-13-16-15-11(20-13)9-6-4-3-5-7-9/h3-8H,1-2H3,(H,14,17,18)/t8-/m0/s1. The number of hydrogen-bond donors (Lipinski definition) is 1. The van der Waals surface area contributed by atoms with Crippen molar-refractivity contribution in [3.8, 4) is 11.5 Å². The van der Waals surface area contributed by atoms with Gasteiger partial charge in [0.15, 0.2) is 0 Å². The van der Waals surface area contributed by atoms with Gasteiger partial charge in [0.25, 0.3) is 5.22 Å². The lowest BCUT2D eigenvalue weighted by Gasteiger charge is -2.07. The van der Waals surface area contributed by atoms with Crippen molar-refractivity contribution in [2.75, 3.05) is 7.11 Å². The van der Waals surface area contributed by atoms with Gasteiger partial charge in [0.05, 0.1) is 12.4 Å². The third-order valence-electron chi connectivity index (χ3n) is 2.48. The van der Waals surface area contributed by atoms with E-state index in [1.165, 1.54) is 7.11 Å². The molecule has 2 aromatic rings. The molecule has 1 N–H and O–H groups in total. The molecule has 8 heteroatoms. The maximum Gasteiger partial charge on any atom is 0.413 e. The number of carbonyl (C=O) groups is 2. The number of amides is 2. The Bertz CT molecular complexity index is 629. The number of methoxy groups -OCH3 is 1. The summed E-state index contributed by atoms with van der Waals surface area (Å²) in [6.07, 6.45) is -0.803. The number of alkyl carbamates (subject to hydrolysis) is 1. The summed E-state index contributed by atoms with van der Waals surface area (Å²) >= 11 is 1.06. The molecule has 110 valence electrons. The fourth-order valence-electron chi connectivity index (χ4n) is 1.41. The maximum atomic E-state index is 11.7. The first-order valence-electron chi connectivity index (χ1n) is 6.04. The average Bonchev–Trinajstić information content (AvgIpc) is 2.96. The van der Waals surface area contributed by atoms with Gasteiger partial charge in [0.2, 0.25) is 11.8 Å². The number of nitrogens with zero attached hydrogens (tertiary/aromatic N) is 2. The highest BCUT2D eigenvalue weighted by Gasteiger charge is 2.20. The van der Waals surface area contributed by atoms with Crippen LogP contribution >= 0.6 is 11.8 Å². The SMILES string of the molecule is COC(=O)NC(=O)[C@H](C)Sc1nnc(-c2ccccc2)o1. The Morgan fingerprint density at radius 2 is 2.00 bits per heavy atom. The number of carbonyl (C=O) groups excluding carboxylic acids is 2. The summed E-state index contributed by atoms with van der Waals surface area (Å²) in [6, 6.07) is 9.29. The number of benzene rings is 1. The lowest BCUT2D eigenvalue weighted by molar-refractivity contribution is -0.119.